The average molecular weight is 270 g/mol. The minimum Gasteiger partial charge on any atom is -0.411 e. The van der Waals surface area contributed by atoms with Gasteiger partial charge in [-0.2, -0.15) is 0 Å². The maximum atomic E-state index is 9.33. The van der Waals surface area contributed by atoms with Gasteiger partial charge in [0.2, 0.25) is 0 Å². The van der Waals surface area contributed by atoms with Gasteiger partial charge in [-0.05, 0) is 17.9 Å². The summed E-state index contributed by atoms with van der Waals surface area (Å²) < 4.78 is 5.48. The lowest BCUT2D eigenvalue weighted by Crippen LogP contribution is -2.19. The van der Waals surface area contributed by atoms with Crippen molar-refractivity contribution in [2.75, 3.05) is 0 Å². The maximum absolute atomic E-state index is 9.33. The summed E-state index contributed by atoms with van der Waals surface area (Å²) >= 11 is 0. The van der Waals surface area contributed by atoms with Gasteiger partial charge in [0.05, 0.1) is 17.0 Å². The van der Waals surface area contributed by atoms with E-state index < -0.39 is 0 Å². The number of hydrogen-bond acceptors (Lipinski definition) is 4. The van der Waals surface area contributed by atoms with E-state index in [9.17, 15) is 5.21 Å². The van der Waals surface area contributed by atoms with Gasteiger partial charge in [-0.25, -0.2) is 0 Å². The zero-order valence-electron chi connectivity index (χ0n) is 11.5. The third-order valence-corrected chi connectivity index (χ3v) is 3.87. The van der Waals surface area contributed by atoms with Gasteiger partial charge in [0, 0.05) is 12.8 Å². The minimum absolute atomic E-state index is 0.289. The highest BCUT2D eigenvalue weighted by Gasteiger charge is 2.31. The van der Waals surface area contributed by atoms with E-state index in [1.54, 1.807) is 0 Å². The van der Waals surface area contributed by atoms with E-state index in [1.807, 2.05) is 18.2 Å². The molecule has 0 saturated carbocycles. The number of rotatable bonds is 3. The molecular formula is C16H18N2O2. The second-order valence-electron chi connectivity index (χ2n) is 5.24. The number of oxime groups is 1. The number of benzene rings is 1. The Kier molecular flexibility index (Phi) is 3.54. The quantitative estimate of drug-likeness (QED) is 0.685. The van der Waals surface area contributed by atoms with Crippen LogP contribution in [0.2, 0.25) is 0 Å². The van der Waals surface area contributed by atoms with E-state index in [-0.39, 0.29) is 5.92 Å². The first kappa shape index (κ1) is 12.9. The van der Waals surface area contributed by atoms with E-state index in [4.69, 9.17) is 4.52 Å². The summed E-state index contributed by atoms with van der Waals surface area (Å²) in [6.45, 7) is 2.10. The average Bonchev–Trinajstić information content (AvgIpc) is 2.91. The molecule has 3 rings (SSSR count). The van der Waals surface area contributed by atoms with Crippen molar-refractivity contribution in [2.45, 2.75) is 38.5 Å². The topological polar surface area (TPSA) is 58.6 Å². The third kappa shape index (κ3) is 2.22. The first-order valence-electron chi connectivity index (χ1n) is 7.07. The van der Waals surface area contributed by atoms with Crippen molar-refractivity contribution in [3.05, 3.63) is 52.9 Å². The first-order valence-corrected chi connectivity index (χ1v) is 7.07. The zero-order valence-corrected chi connectivity index (χ0v) is 11.5. The first-order chi connectivity index (χ1) is 9.83. The maximum Gasteiger partial charge on any atom is 0.146 e. The lowest BCUT2D eigenvalue weighted by molar-refractivity contribution is 0.315. The van der Waals surface area contributed by atoms with Gasteiger partial charge in [0.15, 0.2) is 0 Å². The fourth-order valence-corrected chi connectivity index (χ4v) is 2.92. The van der Waals surface area contributed by atoms with Crippen LogP contribution in [0, 0.1) is 0 Å². The van der Waals surface area contributed by atoms with Crippen LogP contribution in [0.4, 0.5) is 0 Å². The monoisotopic (exact) mass is 270 g/mol. The van der Waals surface area contributed by atoms with E-state index in [0.29, 0.717) is 5.71 Å². The lowest BCUT2D eigenvalue weighted by atomic mass is 9.81. The molecule has 2 aromatic rings. The molecule has 1 aliphatic rings. The van der Waals surface area contributed by atoms with Crippen LogP contribution < -0.4 is 0 Å². The standard InChI is InChI=1S/C16H18N2O2/c1-2-6-13-16-14(17-19)9-12(10-15(16)20-18-13)11-7-4-3-5-8-11/h3-5,7-8,12,19H,2,6,9-10H2,1H3/b17-14+/t12-/m0/s1. The number of hydrogen-bond donors (Lipinski definition) is 1. The van der Waals surface area contributed by atoms with E-state index in [0.717, 1.165) is 42.7 Å². The van der Waals surface area contributed by atoms with E-state index in [2.05, 4.69) is 29.4 Å². The van der Waals surface area contributed by atoms with Gasteiger partial charge in [-0.15, -0.1) is 0 Å². The summed E-state index contributed by atoms with van der Waals surface area (Å²) in [5.41, 5.74) is 3.79. The van der Waals surface area contributed by atoms with Crippen LogP contribution in [0.15, 0.2) is 40.0 Å². The Morgan fingerprint density at radius 3 is 2.80 bits per heavy atom. The number of aromatic nitrogens is 1. The summed E-state index contributed by atoms with van der Waals surface area (Å²) in [4.78, 5) is 0. The second kappa shape index (κ2) is 5.49. The summed E-state index contributed by atoms with van der Waals surface area (Å²) in [6, 6.07) is 10.3. The van der Waals surface area contributed by atoms with Crippen molar-refractivity contribution >= 4 is 5.71 Å². The Labute approximate surface area is 118 Å². The molecule has 0 radical (unpaired) electrons. The van der Waals surface area contributed by atoms with E-state index in [1.165, 1.54) is 5.56 Å². The molecule has 4 nitrogen and oxygen atoms in total. The SMILES string of the molecule is CCCc1noc2c1/C(=N/O)C[C@H](c1ccccc1)C2. The Morgan fingerprint density at radius 1 is 1.30 bits per heavy atom. The smallest absolute Gasteiger partial charge is 0.146 e. The molecule has 1 aromatic carbocycles. The lowest BCUT2D eigenvalue weighted by Gasteiger charge is -2.22. The Balaban J connectivity index is 1.96. The van der Waals surface area contributed by atoms with Crippen molar-refractivity contribution in [2.24, 2.45) is 5.16 Å². The highest BCUT2D eigenvalue weighted by molar-refractivity contribution is 6.03. The minimum atomic E-state index is 0.289. The third-order valence-electron chi connectivity index (χ3n) is 3.87. The normalized spacial score (nSPS) is 20.1. The molecule has 0 fully saturated rings. The predicted octanol–water partition coefficient (Wildman–Crippen LogP) is 3.54. The largest absolute Gasteiger partial charge is 0.411 e. The van der Waals surface area contributed by atoms with Gasteiger partial charge >= 0.3 is 0 Å². The van der Waals surface area contributed by atoms with Crippen molar-refractivity contribution in [3.8, 4) is 0 Å². The molecule has 0 aliphatic heterocycles. The number of fused-ring (bicyclic) bond motifs is 1. The molecule has 1 aromatic heterocycles. The van der Waals surface area contributed by atoms with Gasteiger partial charge in [-0.3, -0.25) is 0 Å². The summed E-state index contributed by atoms with van der Waals surface area (Å²) in [5, 5.41) is 17.0. The molecule has 0 amide bonds. The van der Waals surface area contributed by atoms with E-state index >= 15 is 0 Å². The second-order valence-corrected chi connectivity index (χ2v) is 5.24. The van der Waals surface area contributed by atoms with Crippen LogP contribution in [-0.4, -0.2) is 16.1 Å². The summed E-state index contributed by atoms with van der Waals surface area (Å²) in [5.74, 6) is 1.14. The van der Waals surface area contributed by atoms with Crippen LogP contribution in [0.25, 0.3) is 0 Å². The summed E-state index contributed by atoms with van der Waals surface area (Å²) in [6.07, 6.45) is 3.40. The number of nitrogens with zero attached hydrogens (tertiary/aromatic N) is 2. The molecule has 0 spiro atoms. The predicted molar refractivity (Wildman–Crippen MR) is 76.3 cm³/mol. The Hall–Kier alpha value is -2.10. The van der Waals surface area contributed by atoms with Crippen LogP contribution in [0.1, 0.15) is 48.3 Å². The molecule has 20 heavy (non-hydrogen) atoms. The van der Waals surface area contributed by atoms with Crippen molar-refractivity contribution in [1.29, 1.82) is 0 Å². The van der Waals surface area contributed by atoms with Crippen LogP contribution >= 0.6 is 0 Å². The highest BCUT2D eigenvalue weighted by Crippen LogP contribution is 2.34. The molecule has 1 aliphatic carbocycles. The molecule has 0 bridgehead atoms. The fourth-order valence-electron chi connectivity index (χ4n) is 2.92. The summed E-state index contributed by atoms with van der Waals surface area (Å²) in [7, 11) is 0. The highest BCUT2D eigenvalue weighted by atomic mass is 16.5. The fraction of sp³-hybridized carbons (Fsp3) is 0.375. The van der Waals surface area contributed by atoms with Crippen LogP contribution in [0.5, 0.6) is 0 Å². The van der Waals surface area contributed by atoms with Gasteiger partial charge < -0.3 is 9.73 Å². The van der Waals surface area contributed by atoms with Gasteiger partial charge in [-0.1, -0.05) is 54.0 Å². The van der Waals surface area contributed by atoms with Crippen molar-refractivity contribution < 1.29 is 9.73 Å². The van der Waals surface area contributed by atoms with Crippen molar-refractivity contribution in [1.82, 2.24) is 5.16 Å². The molecule has 4 heteroatoms. The molecule has 1 heterocycles. The van der Waals surface area contributed by atoms with Gasteiger partial charge in [0.25, 0.3) is 0 Å². The van der Waals surface area contributed by atoms with Crippen LogP contribution in [0.3, 0.4) is 0 Å². The Bertz CT molecular complexity index is 617. The Morgan fingerprint density at radius 2 is 2.10 bits per heavy atom. The van der Waals surface area contributed by atoms with Gasteiger partial charge in [0.1, 0.15) is 5.76 Å². The molecular weight excluding hydrogens is 252 g/mol. The molecule has 104 valence electrons. The molecule has 0 saturated heterocycles. The van der Waals surface area contributed by atoms with Crippen LogP contribution in [-0.2, 0) is 12.8 Å². The molecule has 1 N–H and O–H groups in total. The van der Waals surface area contributed by atoms with Crippen molar-refractivity contribution in [3.63, 3.8) is 0 Å². The molecule has 1 atom stereocenters. The number of aryl methyl sites for hydroxylation is 1. The molecule has 0 unspecified atom stereocenters. The zero-order chi connectivity index (χ0) is 13.9.